The molecule has 0 unspecified atom stereocenters. The molecule has 0 atom stereocenters. The van der Waals surface area contributed by atoms with Crippen LogP contribution >= 0.6 is 11.3 Å². The highest BCUT2D eigenvalue weighted by atomic mass is 32.1. The van der Waals surface area contributed by atoms with Crippen LogP contribution in [0.25, 0.3) is 16.2 Å². The molecule has 1 aromatic heterocycles. The van der Waals surface area contributed by atoms with Gasteiger partial charge < -0.3 is 5.32 Å². The van der Waals surface area contributed by atoms with Crippen LogP contribution in [0.1, 0.15) is 25.3 Å². The van der Waals surface area contributed by atoms with Gasteiger partial charge in [-0.1, -0.05) is 29.8 Å². The minimum Gasteiger partial charge on any atom is -0.310 e. The second kappa shape index (κ2) is 4.63. The summed E-state index contributed by atoms with van der Waals surface area (Å²) in [6.45, 7) is 3.23. The molecule has 3 rings (SSSR count). The highest BCUT2D eigenvalue weighted by Gasteiger charge is 2.19. The van der Waals surface area contributed by atoms with Crippen molar-refractivity contribution >= 4 is 27.5 Å². The maximum Gasteiger partial charge on any atom is 0.0348 e. The summed E-state index contributed by atoms with van der Waals surface area (Å²) in [5.41, 5.74) is 2.78. The first-order valence-corrected chi connectivity index (χ1v) is 7.08. The summed E-state index contributed by atoms with van der Waals surface area (Å²) in [6.07, 6.45) is 5.03. The maximum absolute atomic E-state index is 3.55. The Kier molecular flexibility index (Phi) is 3.00. The Balaban J connectivity index is 1.80. The van der Waals surface area contributed by atoms with Crippen molar-refractivity contribution in [3.63, 3.8) is 0 Å². The van der Waals surface area contributed by atoms with Gasteiger partial charge in [-0.25, -0.2) is 0 Å². The van der Waals surface area contributed by atoms with Gasteiger partial charge in [-0.3, -0.25) is 0 Å². The lowest BCUT2D eigenvalue weighted by Gasteiger charge is -2.02. The Morgan fingerprint density at radius 3 is 3.06 bits per heavy atom. The molecule has 0 bridgehead atoms. The largest absolute Gasteiger partial charge is 0.310 e. The van der Waals surface area contributed by atoms with E-state index in [0.717, 1.165) is 12.6 Å². The maximum atomic E-state index is 3.55. The fourth-order valence-corrected chi connectivity index (χ4v) is 2.94. The SMILES string of the molecule is CC(=Cc1csc2ccccc12)CNC1CC1. The average Bonchev–Trinajstić information content (AvgIpc) is 3.10. The van der Waals surface area contributed by atoms with E-state index in [2.05, 4.69) is 48.0 Å². The summed E-state index contributed by atoms with van der Waals surface area (Å²) >= 11 is 1.83. The van der Waals surface area contributed by atoms with E-state index in [1.807, 2.05) is 11.3 Å². The summed E-state index contributed by atoms with van der Waals surface area (Å²) < 4.78 is 1.38. The predicted octanol–water partition coefficient (Wildman–Crippen LogP) is 4.06. The van der Waals surface area contributed by atoms with E-state index in [1.54, 1.807) is 0 Å². The van der Waals surface area contributed by atoms with Crippen LogP contribution < -0.4 is 5.32 Å². The van der Waals surface area contributed by atoms with Crippen molar-refractivity contribution in [2.45, 2.75) is 25.8 Å². The number of benzene rings is 1. The van der Waals surface area contributed by atoms with Crippen molar-refractivity contribution in [3.8, 4) is 0 Å². The highest BCUT2D eigenvalue weighted by molar-refractivity contribution is 7.17. The number of hydrogen-bond donors (Lipinski definition) is 1. The van der Waals surface area contributed by atoms with E-state index < -0.39 is 0 Å². The Morgan fingerprint density at radius 1 is 1.41 bits per heavy atom. The van der Waals surface area contributed by atoms with Gasteiger partial charge in [0.1, 0.15) is 0 Å². The normalized spacial score (nSPS) is 16.6. The Morgan fingerprint density at radius 2 is 2.24 bits per heavy atom. The summed E-state index contributed by atoms with van der Waals surface area (Å²) in [4.78, 5) is 0. The minimum absolute atomic E-state index is 0.789. The molecule has 1 saturated carbocycles. The summed E-state index contributed by atoms with van der Waals surface area (Å²) in [7, 11) is 0. The summed E-state index contributed by atoms with van der Waals surface area (Å²) in [5.74, 6) is 0. The van der Waals surface area contributed by atoms with Gasteiger partial charge in [0.2, 0.25) is 0 Å². The smallest absolute Gasteiger partial charge is 0.0348 e. The van der Waals surface area contributed by atoms with Crippen LogP contribution in [0.2, 0.25) is 0 Å². The van der Waals surface area contributed by atoms with E-state index in [-0.39, 0.29) is 0 Å². The standard InChI is InChI=1S/C15H17NS/c1-11(9-16-13-6-7-13)8-12-10-17-15-5-3-2-4-14(12)15/h2-5,8,10,13,16H,6-7,9H2,1H3. The van der Waals surface area contributed by atoms with Crippen molar-refractivity contribution < 1.29 is 0 Å². The van der Waals surface area contributed by atoms with E-state index in [1.165, 1.54) is 34.1 Å². The summed E-state index contributed by atoms with van der Waals surface area (Å²) in [5, 5.41) is 7.19. The number of rotatable bonds is 4. The molecule has 0 saturated heterocycles. The van der Waals surface area contributed by atoms with Crippen LogP contribution in [-0.2, 0) is 0 Å². The molecular weight excluding hydrogens is 226 g/mol. The molecular formula is C15H17NS. The molecule has 17 heavy (non-hydrogen) atoms. The molecule has 2 heteroatoms. The zero-order chi connectivity index (χ0) is 11.7. The van der Waals surface area contributed by atoms with Gasteiger partial charge >= 0.3 is 0 Å². The molecule has 0 amide bonds. The first-order valence-electron chi connectivity index (χ1n) is 6.20. The third-order valence-corrected chi connectivity index (χ3v) is 4.14. The first kappa shape index (κ1) is 11.0. The quantitative estimate of drug-likeness (QED) is 0.854. The first-order chi connectivity index (χ1) is 8.33. The number of fused-ring (bicyclic) bond motifs is 1. The van der Waals surface area contributed by atoms with Crippen LogP contribution in [-0.4, -0.2) is 12.6 Å². The van der Waals surface area contributed by atoms with Gasteiger partial charge in [-0.15, -0.1) is 11.3 Å². The van der Waals surface area contributed by atoms with Crippen LogP contribution in [0.15, 0.2) is 35.2 Å². The van der Waals surface area contributed by atoms with Gasteiger partial charge in [0.05, 0.1) is 0 Å². The molecule has 1 fully saturated rings. The minimum atomic E-state index is 0.789. The highest BCUT2D eigenvalue weighted by Crippen LogP contribution is 2.27. The topological polar surface area (TPSA) is 12.0 Å². The molecule has 88 valence electrons. The van der Waals surface area contributed by atoms with Gasteiger partial charge in [0.15, 0.2) is 0 Å². The molecule has 1 N–H and O–H groups in total. The van der Waals surface area contributed by atoms with Crippen molar-refractivity contribution in [2.75, 3.05) is 6.54 Å². The molecule has 2 aromatic rings. The second-order valence-electron chi connectivity index (χ2n) is 4.83. The van der Waals surface area contributed by atoms with Crippen molar-refractivity contribution in [3.05, 3.63) is 40.8 Å². The van der Waals surface area contributed by atoms with Crippen LogP contribution in [0.3, 0.4) is 0 Å². The third kappa shape index (κ3) is 2.59. The van der Waals surface area contributed by atoms with Crippen LogP contribution in [0, 0.1) is 0 Å². The lowest BCUT2D eigenvalue weighted by molar-refractivity contribution is 0.736. The van der Waals surface area contributed by atoms with E-state index >= 15 is 0 Å². The molecule has 0 spiro atoms. The van der Waals surface area contributed by atoms with E-state index in [0.29, 0.717) is 0 Å². The Hall–Kier alpha value is -1.12. The Bertz CT molecular complexity index is 549. The number of thiophene rings is 1. The molecule has 1 heterocycles. The zero-order valence-corrected chi connectivity index (χ0v) is 10.9. The molecule has 0 radical (unpaired) electrons. The van der Waals surface area contributed by atoms with Crippen molar-refractivity contribution in [2.24, 2.45) is 0 Å². The molecule has 0 aliphatic heterocycles. The van der Waals surface area contributed by atoms with Crippen LogP contribution in [0.5, 0.6) is 0 Å². The van der Waals surface area contributed by atoms with Gasteiger partial charge in [0, 0.05) is 17.3 Å². The molecule has 1 aromatic carbocycles. The average molecular weight is 243 g/mol. The Labute approximate surface area is 106 Å². The number of hydrogen-bond acceptors (Lipinski definition) is 2. The third-order valence-electron chi connectivity index (χ3n) is 3.16. The van der Waals surface area contributed by atoms with E-state index in [9.17, 15) is 0 Å². The number of nitrogens with one attached hydrogen (secondary N) is 1. The van der Waals surface area contributed by atoms with Gasteiger partial charge in [-0.05, 0) is 42.2 Å². The fourth-order valence-electron chi connectivity index (χ4n) is 2.02. The predicted molar refractivity (Wildman–Crippen MR) is 76.5 cm³/mol. The second-order valence-corrected chi connectivity index (χ2v) is 5.74. The van der Waals surface area contributed by atoms with Crippen LogP contribution in [0.4, 0.5) is 0 Å². The lowest BCUT2D eigenvalue weighted by atomic mass is 10.1. The van der Waals surface area contributed by atoms with Crippen molar-refractivity contribution in [1.82, 2.24) is 5.32 Å². The monoisotopic (exact) mass is 243 g/mol. The van der Waals surface area contributed by atoms with Gasteiger partial charge in [-0.2, -0.15) is 0 Å². The molecule has 1 aliphatic rings. The molecule has 1 aliphatic carbocycles. The van der Waals surface area contributed by atoms with Crippen molar-refractivity contribution in [1.29, 1.82) is 0 Å². The molecule has 1 nitrogen and oxygen atoms in total. The van der Waals surface area contributed by atoms with E-state index in [4.69, 9.17) is 0 Å². The zero-order valence-electron chi connectivity index (χ0n) is 10.1. The fraction of sp³-hybridized carbons (Fsp3) is 0.333. The lowest BCUT2D eigenvalue weighted by Crippen LogP contribution is -2.18. The van der Waals surface area contributed by atoms with Gasteiger partial charge in [0.25, 0.3) is 0 Å². The summed E-state index contributed by atoms with van der Waals surface area (Å²) in [6, 6.07) is 9.41.